The summed E-state index contributed by atoms with van der Waals surface area (Å²) in [6, 6.07) is 15.6. The number of imidazole rings is 1. The zero-order chi connectivity index (χ0) is 21.5. The Hall–Kier alpha value is -3.53. The van der Waals surface area contributed by atoms with Crippen LogP contribution in [0, 0.1) is 0 Å². The smallest absolute Gasteiger partial charge is 0.168 e. The lowest BCUT2D eigenvalue weighted by Crippen LogP contribution is -2.24. The van der Waals surface area contributed by atoms with E-state index in [1.807, 2.05) is 53.1 Å². The lowest BCUT2D eigenvalue weighted by molar-refractivity contribution is -0.0426. The number of fused-ring (bicyclic) bond motifs is 1. The molecule has 3 atom stereocenters. The minimum Gasteiger partial charge on any atom is -0.399 e. The van der Waals surface area contributed by atoms with E-state index in [0.717, 1.165) is 16.7 Å². The zero-order valence-corrected chi connectivity index (χ0v) is 16.6. The molecule has 4 aromatic rings. The van der Waals surface area contributed by atoms with Crippen LogP contribution in [0.4, 0.5) is 11.5 Å². The van der Waals surface area contributed by atoms with Gasteiger partial charge in [-0.2, -0.15) is 0 Å². The topological polar surface area (TPSA) is 145 Å². The quantitative estimate of drug-likeness (QED) is 0.368. The molecule has 9 heteroatoms. The molecule has 1 saturated heterocycles. The normalized spacial score (nSPS) is 21.0. The van der Waals surface area contributed by atoms with Gasteiger partial charge in [0.1, 0.15) is 24.5 Å². The molecular weight excluding hydrogens is 396 g/mol. The van der Waals surface area contributed by atoms with Crippen molar-refractivity contribution in [2.24, 2.45) is 0 Å². The predicted molar refractivity (Wildman–Crippen MR) is 117 cm³/mol. The Morgan fingerprint density at radius 1 is 0.968 bits per heavy atom. The number of aliphatic hydroxyl groups excluding tert-OH is 2. The van der Waals surface area contributed by atoms with E-state index in [1.165, 1.54) is 6.33 Å². The molecule has 2 aromatic heterocycles. The van der Waals surface area contributed by atoms with Gasteiger partial charge in [0.15, 0.2) is 17.0 Å². The van der Waals surface area contributed by atoms with Crippen LogP contribution in [0.2, 0.25) is 0 Å². The van der Waals surface area contributed by atoms with Gasteiger partial charge in [-0.25, -0.2) is 15.0 Å². The monoisotopic (exact) mass is 418 g/mol. The number of hydrogen-bond acceptors (Lipinski definition) is 8. The summed E-state index contributed by atoms with van der Waals surface area (Å²) in [5.41, 5.74) is 16.4. The molecule has 6 N–H and O–H groups in total. The highest BCUT2D eigenvalue weighted by molar-refractivity contribution is 5.85. The highest BCUT2D eigenvalue weighted by Gasteiger charge is 2.37. The summed E-state index contributed by atoms with van der Waals surface area (Å²) in [7, 11) is 0. The van der Waals surface area contributed by atoms with Crippen LogP contribution in [0.25, 0.3) is 33.7 Å². The molecule has 31 heavy (non-hydrogen) atoms. The van der Waals surface area contributed by atoms with E-state index in [0.29, 0.717) is 29.1 Å². The number of aliphatic hydroxyl groups is 2. The summed E-state index contributed by atoms with van der Waals surface area (Å²) in [4.78, 5) is 13.1. The van der Waals surface area contributed by atoms with Crippen LogP contribution in [-0.2, 0) is 4.74 Å². The summed E-state index contributed by atoms with van der Waals surface area (Å²) in [5, 5.41) is 19.7. The molecule has 158 valence electrons. The first-order valence-corrected chi connectivity index (χ1v) is 9.94. The first kappa shape index (κ1) is 19.4. The average Bonchev–Trinajstić information content (AvgIpc) is 3.35. The van der Waals surface area contributed by atoms with E-state index in [4.69, 9.17) is 16.2 Å². The molecule has 0 amide bonds. The number of aromatic nitrogens is 4. The minimum atomic E-state index is -0.785. The largest absolute Gasteiger partial charge is 0.399 e. The van der Waals surface area contributed by atoms with E-state index >= 15 is 0 Å². The molecule has 1 aliphatic heterocycles. The van der Waals surface area contributed by atoms with E-state index in [-0.39, 0.29) is 12.4 Å². The minimum absolute atomic E-state index is 0.265. The Labute approximate surface area is 178 Å². The molecule has 5 rings (SSSR count). The van der Waals surface area contributed by atoms with Gasteiger partial charge < -0.3 is 26.4 Å². The lowest BCUT2D eigenvalue weighted by Gasteiger charge is -2.17. The fraction of sp³-hybridized carbons (Fsp3) is 0.227. The third-order valence-corrected chi connectivity index (χ3v) is 5.56. The third-order valence-electron chi connectivity index (χ3n) is 5.56. The molecule has 0 bridgehead atoms. The van der Waals surface area contributed by atoms with Gasteiger partial charge in [-0.05, 0) is 23.3 Å². The van der Waals surface area contributed by atoms with Crippen LogP contribution >= 0.6 is 0 Å². The van der Waals surface area contributed by atoms with Gasteiger partial charge in [0.25, 0.3) is 0 Å². The highest BCUT2D eigenvalue weighted by Crippen LogP contribution is 2.36. The second-order valence-corrected chi connectivity index (χ2v) is 7.55. The number of rotatable bonds is 4. The Morgan fingerprint density at radius 3 is 2.26 bits per heavy atom. The number of nitrogen functional groups attached to an aromatic ring is 2. The SMILES string of the molecule is Nc1ccc(-c2ccc(-c3nc4c(N)ncnc4n3[C@H]3C[C@H](O)[C@@H](CO)O3)cc2)cc1. The van der Waals surface area contributed by atoms with Gasteiger partial charge in [-0.1, -0.05) is 36.4 Å². The van der Waals surface area contributed by atoms with E-state index in [1.54, 1.807) is 0 Å². The molecule has 0 aliphatic carbocycles. The molecule has 9 nitrogen and oxygen atoms in total. The Balaban J connectivity index is 1.59. The zero-order valence-electron chi connectivity index (χ0n) is 16.6. The van der Waals surface area contributed by atoms with Crippen molar-refractivity contribution >= 4 is 22.7 Å². The van der Waals surface area contributed by atoms with Crippen LogP contribution in [0.15, 0.2) is 54.9 Å². The maximum atomic E-state index is 10.2. The molecule has 0 radical (unpaired) electrons. The maximum Gasteiger partial charge on any atom is 0.168 e. The van der Waals surface area contributed by atoms with Crippen LogP contribution < -0.4 is 11.5 Å². The van der Waals surface area contributed by atoms with Gasteiger partial charge in [0, 0.05) is 17.7 Å². The number of nitrogens with two attached hydrogens (primary N) is 2. The van der Waals surface area contributed by atoms with Crippen molar-refractivity contribution in [3.63, 3.8) is 0 Å². The van der Waals surface area contributed by atoms with Crippen molar-refractivity contribution < 1.29 is 14.9 Å². The second kappa shape index (κ2) is 7.62. The van der Waals surface area contributed by atoms with Crippen molar-refractivity contribution in [3.05, 3.63) is 54.9 Å². The van der Waals surface area contributed by atoms with Gasteiger partial charge in [-0.3, -0.25) is 4.57 Å². The summed E-state index contributed by atoms with van der Waals surface area (Å²) in [6.07, 6.45) is -0.316. The molecular formula is C22H22N6O3. The third kappa shape index (κ3) is 3.38. The maximum absolute atomic E-state index is 10.2. The molecule has 2 aromatic carbocycles. The molecule has 0 saturated carbocycles. The van der Waals surface area contributed by atoms with Gasteiger partial charge in [0.2, 0.25) is 0 Å². The first-order valence-electron chi connectivity index (χ1n) is 9.94. The summed E-state index contributed by atoms with van der Waals surface area (Å²) in [5.74, 6) is 0.864. The number of benzene rings is 2. The standard InChI is InChI=1S/C22H22N6O3/c23-15-7-5-13(6-8-15)12-1-3-14(4-2-12)21-27-19-20(24)25-11-26-22(19)28(21)18-9-16(30)17(10-29)31-18/h1-8,11,16-18,29-30H,9-10,23H2,(H2,24,25,26)/t16-,17+,18+/m0/s1. The highest BCUT2D eigenvalue weighted by atomic mass is 16.5. The Morgan fingerprint density at radius 2 is 1.61 bits per heavy atom. The van der Waals surface area contributed by atoms with E-state index in [2.05, 4.69) is 15.0 Å². The summed E-state index contributed by atoms with van der Waals surface area (Å²) >= 11 is 0. The Kier molecular flexibility index (Phi) is 4.78. The van der Waals surface area contributed by atoms with E-state index in [9.17, 15) is 10.2 Å². The molecule has 1 aliphatic rings. The van der Waals surface area contributed by atoms with Gasteiger partial charge in [0.05, 0.1) is 12.7 Å². The van der Waals surface area contributed by atoms with Crippen molar-refractivity contribution in [1.82, 2.24) is 19.5 Å². The Bertz CT molecular complexity index is 1220. The number of nitrogens with zero attached hydrogens (tertiary/aromatic N) is 4. The van der Waals surface area contributed by atoms with Crippen molar-refractivity contribution in [2.75, 3.05) is 18.1 Å². The van der Waals surface area contributed by atoms with Crippen LogP contribution in [0.5, 0.6) is 0 Å². The molecule has 1 fully saturated rings. The van der Waals surface area contributed by atoms with Crippen molar-refractivity contribution in [3.8, 4) is 22.5 Å². The average molecular weight is 418 g/mol. The number of anilines is 2. The van der Waals surface area contributed by atoms with Crippen molar-refractivity contribution in [2.45, 2.75) is 24.9 Å². The summed E-state index contributed by atoms with van der Waals surface area (Å²) < 4.78 is 7.70. The molecule has 0 unspecified atom stereocenters. The molecule has 0 spiro atoms. The second-order valence-electron chi connectivity index (χ2n) is 7.55. The van der Waals surface area contributed by atoms with Crippen molar-refractivity contribution in [1.29, 1.82) is 0 Å². The predicted octanol–water partition coefficient (Wildman–Crippen LogP) is 1.97. The number of ether oxygens (including phenoxy) is 1. The molecule has 3 heterocycles. The van der Waals surface area contributed by atoms with Crippen LogP contribution in [-0.4, -0.2) is 48.5 Å². The fourth-order valence-corrected chi connectivity index (χ4v) is 3.93. The lowest BCUT2D eigenvalue weighted by atomic mass is 10.0. The van der Waals surface area contributed by atoms with Crippen LogP contribution in [0.3, 0.4) is 0 Å². The van der Waals surface area contributed by atoms with Crippen LogP contribution in [0.1, 0.15) is 12.6 Å². The van der Waals surface area contributed by atoms with E-state index < -0.39 is 18.4 Å². The first-order chi connectivity index (χ1) is 15.0. The van der Waals surface area contributed by atoms with Gasteiger partial charge in [-0.15, -0.1) is 0 Å². The fourth-order valence-electron chi connectivity index (χ4n) is 3.93. The number of hydrogen-bond donors (Lipinski definition) is 4. The van der Waals surface area contributed by atoms with Gasteiger partial charge >= 0.3 is 0 Å². The summed E-state index contributed by atoms with van der Waals surface area (Å²) in [6.45, 7) is -0.271.